The zero-order chi connectivity index (χ0) is 19.3. The number of ether oxygens (including phenoxy) is 1. The summed E-state index contributed by atoms with van der Waals surface area (Å²) in [6, 6.07) is 8.75. The van der Waals surface area contributed by atoms with E-state index in [4.69, 9.17) is 60.9 Å². The topological polar surface area (TPSA) is 44.8 Å². The summed E-state index contributed by atoms with van der Waals surface area (Å²) < 4.78 is 5.60. The third-order valence-electron chi connectivity index (χ3n) is 3.60. The largest absolute Gasteiger partial charge is 0.418 e. The van der Waals surface area contributed by atoms with Crippen LogP contribution in [0.25, 0.3) is 0 Å². The first-order valence-electron chi connectivity index (χ1n) is 7.60. The van der Waals surface area contributed by atoms with Crippen LogP contribution in [0.3, 0.4) is 0 Å². The lowest BCUT2D eigenvalue weighted by molar-refractivity contribution is -0.440. The Balaban J connectivity index is 2.31. The predicted molar refractivity (Wildman–Crippen MR) is 101 cm³/mol. The summed E-state index contributed by atoms with van der Waals surface area (Å²) in [7, 11) is 0. The van der Waals surface area contributed by atoms with Gasteiger partial charge in [-0.25, -0.2) is 9.68 Å². The highest BCUT2D eigenvalue weighted by molar-refractivity contribution is 6.53. The number of rotatable bonds is 3. The van der Waals surface area contributed by atoms with Crippen molar-refractivity contribution in [3.8, 4) is 0 Å². The van der Waals surface area contributed by atoms with Gasteiger partial charge in [0.25, 0.3) is 5.79 Å². The molecule has 26 heavy (non-hydrogen) atoms. The smallest absolute Gasteiger partial charge is 0.343 e. The number of benzene rings is 2. The third-order valence-corrected chi connectivity index (χ3v) is 5.40. The number of cyclic esters (lactones) is 1. The van der Waals surface area contributed by atoms with Crippen LogP contribution in [0, 0.1) is 0 Å². The van der Waals surface area contributed by atoms with Crippen molar-refractivity contribution in [2.24, 2.45) is 0 Å². The molecule has 0 saturated heterocycles. The lowest BCUT2D eigenvalue weighted by Crippen LogP contribution is -2.35. The molecule has 0 amide bonds. The predicted octanol–water partition coefficient (Wildman–Crippen LogP) is 6.42. The van der Waals surface area contributed by atoms with Gasteiger partial charge in [-0.3, -0.25) is 0 Å². The Morgan fingerprint density at radius 3 is 2.08 bits per heavy atom. The Labute approximate surface area is 170 Å². The van der Waals surface area contributed by atoms with Gasteiger partial charge in [0.2, 0.25) is 0 Å². The maximum atomic E-state index is 12.6. The molecule has 1 heterocycles. The summed E-state index contributed by atoms with van der Waals surface area (Å²) in [6.45, 7) is 5.35. The molecule has 2 aromatic rings. The molecule has 0 aliphatic carbocycles. The Morgan fingerprint density at radius 1 is 0.923 bits per heavy atom. The van der Waals surface area contributed by atoms with Crippen LogP contribution in [0.15, 0.2) is 30.3 Å². The number of hydrogen-bond donors (Lipinski definition) is 0. The van der Waals surface area contributed by atoms with Gasteiger partial charge in [-0.15, -0.1) is 0 Å². The molecular formula is C18H14Cl4O4. The molecule has 0 fully saturated rings. The van der Waals surface area contributed by atoms with E-state index in [0.717, 1.165) is 0 Å². The Morgan fingerprint density at radius 2 is 1.50 bits per heavy atom. The van der Waals surface area contributed by atoms with Crippen LogP contribution >= 0.6 is 46.4 Å². The first-order valence-corrected chi connectivity index (χ1v) is 9.12. The average molecular weight is 436 g/mol. The molecule has 1 aliphatic heterocycles. The molecule has 0 radical (unpaired) electrons. The van der Waals surface area contributed by atoms with Gasteiger partial charge in [0.05, 0.1) is 36.8 Å². The number of fused-ring (bicyclic) bond motifs is 1. The van der Waals surface area contributed by atoms with Crippen molar-refractivity contribution in [2.45, 2.75) is 32.2 Å². The quantitative estimate of drug-likeness (QED) is 0.183. The fourth-order valence-electron chi connectivity index (χ4n) is 2.52. The number of halogens is 4. The van der Waals surface area contributed by atoms with E-state index >= 15 is 0 Å². The highest BCUT2D eigenvalue weighted by Gasteiger charge is 2.54. The van der Waals surface area contributed by atoms with E-state index in [1.54, 1.807) is 45.0 Å². The van der Waals surface area contributed by atoms with Crippen LogP contribution in [-0.4, -0.2) is 11.6 Å². The summed E-state index contributed by atoms with van der Waals surface area (Å²) in [5.41, 5.74) is -0.0668. The minimum absolute atomic E-state index is 0.00304. The van der Waals surface area contributed by atoms with Crippen molar-refractivity contribution in [3.05, 3.63) is 67.1 Å². The molecule has 2 aromatic carbocycles. The number of carbonyl (C=O) groups is 1. The van der Waals surface area contributed by atoms with E-state index in [9.17, 15) is 4.79 Å². The molecule has 8 heteroatoms. The van der Waals surface area contributed by atoms with Crippen molar-refractivity contribution in [2.75, 3.05) is 0 Å². The number of hydrogen-bond acceptors (Lipinski definition) is 4. The first kappa shape index (κ1) is 19.7. The van der Waals surface area contributed by atoms with Gasteiger partial charge in [-0.2, -0.15) is 4.89 Å². The third kappa shape index (κ3) is 3.19. The van der Waals surface area contributed by atoms with Crippen molar-refractivity contribution < 1.29 is 19.3 Å². The van der Waals surface area contributed by atoms with Crippen molar-refractivity contribution in [1.82, 2.24) is 0 Å². The molecule has 1 unspecified atom stereocenters. The highest BCUT2D eigenvalue weighted by Crippen LogP contribution is 2.53. The Kier molecular flexibility index (Phi) is 5.21. The van der Waals surface area contributed by atoms with Crippen LogP contribution in [0.4, 0.5) is 0 Å². The number of carbonyl (C=O) groups excluding carboxylic acids is 1. The van der Waals surface area contributed by atoms with Crippen LogP contribution < -0.4 is 0 Å². The molecular weight excluding hydrogens is 422 g/mol. The van der Waals surface area contributed by atoms with Crippen molar-refractivity contribution in [3.63, 3.8) is 0 Å². The standard InChI is InChI=1S/C18H14Cl4O4/c1-17(2,3)25-26-18(9-7-5-4-6-8-9)11-10(16(23)24-18)12(19)14(21)15(22)13(11)20/h4-8H,1-3H3. The molecule has 4 nitrogen and oxygen atoms in total. The lowest BCUT2D eigenvalue weighted by Gasteiger charge is -2.31. The van der Waals surface area contributed by atoms with E-state index in [1.165, 1.54) is 0 Å². The second kappa shape index (κ2) is 6.86. The summed E-state index contributed by atoms with van der Waals surface area (Å²) in [5, 5.41) is -0.0915. The van der Waals surface area contributed by atoms with Gasteiger partial charge < -0.3 is 4.74 Å². The van der Waals surface area contributed by atoms with Crippen LogP contribution in [0.5, 0.6) is 0 Å². The van der Waals surface area contributed by atoms with E-state index in [1.807, 2.05) is 6.07 Å². The maximum Gasteiger partial charge on any atom is 0.343 e. The SMILES string of the molecule is CC(C)(C)OOC1(c2ccccc2)OC(=O)c2c(Cl)c(Cl)c(Cl)c(Cl)c21. The molecule has 0 saturated carbocycles. The van der Waals surface area contributed by atoms with E-state index in [0.29, 0.717) is 5.56 Å². The molecule has 0 aromatic heterocycles. The zero-order valence-electron chi connectivity index (χ0n) is 14.0. The monoisotopic (exact) mass is 434 g/mol. The number of esters is 1. The van der Waals surface area contributed by atoms with E-state index < -0.39 is 17.4 Å². The maximum absolute atomic E-state index is 12.6. The molecule has 1 aliphatic rings. The van der Waals surface area contributed by atoms with Gasteiger partial charge >= 0.3 is 5.97 Å². The van der Waals surface area contributed by atoms with Gasteiger partial charge in [0.1, 0.15) is 0 Å². The highest BCUT2D eigenvalue weighted by atomic mass is 35.5. The van der Waals surface area contributed by atoms with Crippen molar-refractivity contribution >= 4 is 52.4 Å². The lowest BCUT2D eigenvalue weighted by atomic mass is 9.95. The van der Waals surface area contributed by atoms with Crippen LogP contribution in [0.2, 0.25) is 20.1 Å². The van der Waals surface area contributed by atoms with Gasteiger partial charge in [0.15, 0.2) is 0 Å². The van der Waals surface area contributed by atoms with Crippen molar-refractivity contribution in [1.29, 1.82) is 0 Å². The van der Waals surface area contributed by atoms with Crippen LogP contribution in [0.1, 0.15) is 42.3 Å². The summed E-state index contributed by atoms with van der Waals surface area (Å²) >= 11 is 25.0. The minimum Gasteiger partial charge on any atom is -0.418 e. The molecule has 1 atom stereocenters. The summed E-state index contributed by atoms with van der Waals surface area (Å²) in [5.74, 6) is -2.51. The second-order valence-corrected chi connectivity index (χ2v) is 8.17. The van der Waals surface area contributed by atoms with Crippen LogP contribution in [-0.2, 0) is 20.3 Å². The fraction of sp³-hybridized carbons (Fsp3) is 0.278. The molecule has 0 bridgehead atoms. The Bertz CT molecular complexity index is 877. The fourth-order valence-corrected chi connectivity index (χ4v) is 3.57. The second-order valence-electron chi connectivity index (χ2n) is 6.66. The summed E-state index contributed by atoms with van der Waals surface area (Å²) in [6.07, 6.45) is 0. The average Bonchev–Trinajstić information content (AvgIpc) is 2.90. The molecule has 138 valence electrons. The summed E-state index contributed by atoms with van der Waals surface area (Å²) in [4.78, 5) is 23.8. The zero-order valence-corrected chi connectivity index (χ0v) is 17.1. The first-order chi connectivity index (χ1) is 12.1. The van der Waals surface area contributed by atoms with E-state index in [2.05, 4.69) is 0 Å². The molecule has 0 N–H and O–H groups in total. The normalized spacial score (nSPS) is 19.4. The Hall–Kier alpha value is -1.01. The van der Waals surface area contributed by atoms with Gasteiger partial charge in [-0.1, -0.05) is 76.7 Å². The molecule has 3 rings (SSSR count). The van der Waals surface area contributed by atoms with E-state index in [-0.39, 0.29) is 31.2 Å². The van der Waals surface area contributed by atoms with Gasteiger partial charge in [-0.05, 0) is 20.8 Å². The minimum atomic E-state index is -1.77. The van der Waals surface area contributed by atoms with Gasteiger partial charge in [0, 0.05) is 5.56 Å². The molecule has 0 spiro atoms.